The first kappa shape index (κ1) is 14.7. The zero-order chi connectivity index (χ0) is 13.7. The smallest absolute Gasteiger partial charge is 0.326 e. The zero-order valence-corrected chi connectivity index (χ0v) is 11.4. The van der Waals surface area contributed by atoms with E-state index in [1.54, 1.807) is 25.1 Å². The Labute approximate surface area is 113 Å². The van der Waals surface area contributed by atoms with Crippen LogP contribution in [-0.4, -0.2) is 34.7 Å². The Kier molecular flexibility index (Phi) is 5.30. The largest absolute Gasteiger partial charge is 0.480 e. The lowest BCUT2D eigenvalue weighted by molar-refractivity contribution is -0.139. The van der Waals surface area contributed by atoms with Crippen molar-refractivity contribution in [2.75, 3.05) is 6.61 Å². The summed E-state index contributed by atoms with van der Waals surface area (Å²) in [4.78, 5) is 22.8. The molecule has 0 spiro atoms. The average Bonchev–Trinajstić information content (AvgIpc) is 2.31. The summed E-state index contributed by atoms with van der Waals surface area (Å²) in [5, 5.41) is 20.0. The van der Waals surface area contributed by atoms with E-state index in [1.165, 1.54) is 0 Å². The van der Waals surface area contributed by atoms with Crippen molar-refractivity contribution in [3.63, 3.8) is 0 Å². The van der Waals surface area contributed by atoms with Gasteiger partial charge in [0.1, 0.15) is 6.04 Å². The Morgan fingerprint density at radius 1 is 1.44 bits per heavy atom. The zero-order valence-electron chi connectivity index (χ0n) is 9.81. The van der Waals surface area contributed by atoms with E-state index in [1.807, 2.05) is 0 Å². The molecule has 1 rings (SSSR count). The standard InChI is InChI=1S/C12H14BrNO4/c1-7-8(3-2-4-9(7)13)11(16)14-10(5-6-15)12(17)18/h2-4,10,15H,5-6H2,1H3,(H,14,16)(H,17,18). The van der Waals surface area contributed by atoms with Gasteiger partial charge in [0, 0.05) is 23.1 Å². The third-order valence-corrected chi connectivity index (χ3v) is 3.39. The molecule has 0 radical (unpaired) electrons. The molecular formula is C12H14BrNO4. The number of carbonyl (C=O) groups excluding carboxylic acids is 1. The van der Waals surface area contributed by atoms with Crippen LogP contribution in [-0.2, 0) is 4.79 Å². The highest BCUT2D eigenvalue weighted by Gasteiger charge is 2.21. The molecule has 0 aromatic heterocycles. The molecular weight excluding hydrogens is 302 g/mol. The molecule has 6 heteroatoms. The molecule has 0 aliphatic rings. The number of nitrogens with one attached hydrogen (secondary N) is 1. The number of aliphatic hydroxyl groups excluding tert-OH is 1. The summed E-state index contributed by atoms with van der Waals surface area (Å²) < 4.78 is 0.782. The van der Waals surface area contributed by atoms with E-state index in [9.17, 15) is 9.59 Å². The highest BCUT2D eigenvalue weighted by molar-refractivity contribution is 9.10. The van der Waals surface area contributed by atoms with Crippen molar-refractivity contribution in [3.8, 4) is 0 Å². The van der Waals surface area contributed by atoms with Gasteiger partial charge in [-0.25, -0.2) is 4.79 Å². The van der Waals surface area contributed by atoms with E-state index in [0.29, 0.717) is 5.56 Å². The summed E-state index contributed by atoms with van der Waals surface area (Å²) in [6, 6.07) is 4.04. The first-order valence-corrected chi connectivity index (χ1v) is 6.16. The van der Waals surface area contributed by atoms with Gasteiger partial charge in [0.05, 0.1) is 0 Å². The van der Waals surface area contributed by atoms with Crippen molar-refractivity contribution >= 4 is 27.8 Å². The van der Waals surface area contributed by atoms with Crippen LogP contribution < -0.4 is 5.32 Å². The van der Waals surface area contributed by atoms with E-state index in [0.717, 1.165) is 10.0 Å². The number of hydrogen-bond acceptors (Lipinski definition) is 3. The fraction of sp³-hybridized carbons (Fsp3) is 0.333. The Morgan fingerprint density at radius 3 is 2.67 bits per heavy atom. The number of aliphatic hydroxyl groups is 1. The normalized spacial score (nSPS) is 11.9. The third-order valence-electron chi connectivity index (χ3n) is 2.53. The fourth-order valence-corrected chi connectivity index (χ4v) is 1.84. The Morgan fingerprint density at radius 2 is 2.11 bits per heavy atom. The summed E-state index contributed by atoms with van der Waals surface area (Å²) in [6.45, 7) is 1.47. The first-order valence-electron chi connectivity index (χ1n) is 5.37. The van der Waals surface area contributed by atoms with Gasteiger partial charge >= 0.3 is 5.97 Å². The molecule has 98 valence electrons. The molecule has 0 saturated carbocycles. The fourth-order valence-electron chi connectivity index (χ4n) is 1.48. The van der Waals surface area contributed by atoms with Crippen molar-refractivity contribution < 1.29 is 19.8 Å². The van der Waals surface area contributed by atoms with Crippen LogP contribution >= 0.6 is 15.9 Å². The van der Waals surface area contributed by atoms with Crippen LogP contribution in [0.15, 0.2) is 22.7 Å². The van der Waals surface area contributed by atoms with Gasteiger partial charge in [0.15, 0.2) is 0 Å². The third kappa shape index (κ3) is 3.54. The predicted octanol–water partition coefficient (Wildman–Crippen LogP) is 1.32. The van der Waals surface area contributed by atoms with Crippen LogP contribution in [0, 0.1) is 6.92 Å². The topological polar surface area (TPSA) is 86.6 Å². The molecule has 0 aliphatic heterocycles. The average molecular weight is 316 g/mol. The van der Waals surface area contributed by atoms with Crippen LogP contribution in [0.2, 0.25) is 0 Å². The molecule has 0 heterocycles. The van der Waals surface area contributed by atoms with E-state index < -0.39 is 17.9 Å². The Hall–Kier alpha value is -1.40. The van der Waals surface area contributed by atoms with Gasteiger partial charge in [-0.1, -0.05) is 22.0 Å². The lowest BCUT2D eigenvalue weighted by Gasteiger charge is -2.14. The van der Waals surface area contributed by atoms with Crippen molar-refractivity contribution in [1.82, 2.24) is 5.32 Å². The van der Waals surface area contributed by atoms with Crippen LogP contribution in [0.5, 0.6) is 0 Å². The maximum absolute atomic E-state index is 11.9. The minimum Gasteiger partial charge on any atom is -0.480 e. The number of aliphatic carboxylic acids is 1. The van der Waals surface area contributed by atoms with Crippen molar-refractivity contribution in [1.29, 1.82) is 0 Å². The summed E-state index contributed by atoms with van der Waals surface area (Å²) in [5.41, 5.74) is 1.15. The van der Waals surface area contributed by atoms with Gasteiger partial charge in [-0.3, -0.25) is 4.79 Å². The van der Waals surface area contributed by atoms with E-state index >= 15 is 0 Å². The summed E-state index contributed by atoms with van der Waals surface area (Å²) in [7, 11) is 0. The number of amides is 1. The van der Waals surface area contributed by atoms with Gasteiger partial charge in [-0.05, 0) is 24.6 Å². The molecule has 0 saturated heterocycles. The highest BCUT2D eigenvalue weighted by atomic mass is 79.9. The van der Waals surface area contributed by atoms with Crippen LogP contribution in [0.4, 0.5) is 0 Å². The van der Waals surface area contributed by atoms with Crippen molar-refractivity contribution in [2.24, 2.45) is 0 Å². The van der Waals surface area contributed by atoms with E-state index in [4.69, 9.17) is 10.2 Å². The van der Waals surface area contributed by atoms with Crippen molar-refractivity contribution in [2.45, 2.75) is 19.4 Å². The summed E-state index contributed by atoms with van der Waals surface area (Å²) in [5.74, 6) is -1.63. The van der Waals surface area contributed by atoms with Gasteiger partial charge < -0.3 is 15.5 Å². The molecule has 0 fully saturated rings. The molecule has 1 amide bonds. The second kappa shape index (κ2) is 6.51. The minimum atomic E-state index is -1.16. The number of hydrogen-bond donors (Lipinski definition) is 3. The highest BCUT2D eigenvalue weighted by Crippen LogP contribution is 2.19. The lowest BCUT2D eigenvalue weighted by atomic mass is 10.1. The molecule has 0 bridgehead atoms. The number of benzene rings is 1. The summed E-state index contributed by atoms with van der Waals surface area (Å²) in [6.07, 6.45) is -0.0197. The SMILES string of the molecule is Cc1c(Br)cccc1C(=O)NC(CCO)C(=O)O. The minimum absolute atomic E-state index is 0.0197. The summed E-state index contributed by atoms with van der Waals surface area (Å²) >= 11 is 3.30. The van der Waals surface area contributed by atoms with Crippen LogP contribution in [0.3, 0.4) is 0 Å². The number of carbonyl (C=O) groups is 2. The van der Waals surface area contributed by atoms with E-state index in [2.05, 4.69) is 21.2 Å². The predicted molar refractivity (Wildman–Crippen MR) is 69.5 cm³/mol. The molecule has 18 heavy (non-hydrogen) atoms. The molecule has 0 aliphatic carbocycles. The van der Waals surface area contributed by atoms with Gasteiger partial charge in [0.2, 0.25) is 0 Å². The monoisotopic (exact) mass is 315 g/mol. The second-order valence-electron chi connectivity index (χ2n) is 3.79. The molecule has 5 nitrogen and oxygen atoms in total. The molecule has 1 aromatic carbocycles. The molecule has 3 N–H and O–H groups in total. The maximum Gasteiger partial charge on any atom is 0.326 e. The number of carboxylic acids is 1. The number of carboxylic acid groups (broad SMARTS) is 1. The molecule has 1 unspecified atom stereocenters. The van der Waals surface area contributed by atoms with Crippen molar-refractivity contribution in [3.05, 3.63) is 33.8 Å². The lowest BCUT2D eigenvalue weighted by Crippen LogP contribution is -2.41. The number of rotatable bonds is 5. The Balaban J connectivity index is 2.87. The van der Waals surface area contributed by atoms with Crippen LogP contribution in [0.25, 0.3) is 0 Å². The maximum atomic E-state index is 11.9. The number of halogens is 1. The van der Waals surface area contributed by atoms with Crippen LogP contribution in [0.1, 0.15) is 22.3 Å². The van der Waals surface area contributed by atoms with Gasteiger partial charge in [0.25, 0.3) is 5.91 Å². The van der Waals surface area contributed by atoms with Gasteiger partial charge in [-0.2, -0.15) is 0 Å². The quantitative estimate of drug-likeness (QED) is 0.765. The molecule has 1 aromatic rings. The first-order chi connectivity index (χ1) is 8.47. The second-order valence-corrected chi connectivity index (χ2v) is 4.64. The Bertz CT molecular complexity index is 461. The molecule has 1 atom stereocenters. The van der Waals surface area contributed by atoms with E-state index in [-0.39, 0.29) is 13.0 Å². The van der Waals surface area contributed by atoms with Gasteiger partial charge in [-0.15, -0.1) is 0 Å².